The number of hydrogen-bond donors (Lipinski definition) is 1. The van der Waals surface area contributed by atoms with Crippen molar-refractivity contribution in [2.24, 2.45) is 0 Å². The summed E-state index contributed by atoms with van der Waals surface area (Å²) in [5.41, 5.74) is 1.47. The van der Waals surface area contributed by atoms with Crippen LogP contribution in [0.2, 0.25) is 0 Å². The molecule has 2 aliphatic rings. The Balaban J connectivity index is 1.66. The molecule has 0 saturated heterocycles. The molecular weight excluding hydrogens is 366 g/mol. The number of benzene rings is 1. The lowest BCUT2D eigenvalue weighted by atomic mass is 9.79. The summed E-state index contributed by atoms with van der Waals surface area (Å²) in [6, 6.07) is 6.17. The number of fused-ring (bicyclic) bond motifs is 1. The standard InChI is InChI=1S/C20H16F2N4O2/c1-10-23-20-24-15-7-11(17-3-2-4-28-17)8-16(27)18(15)19(26(20)25-10)12-5-13(21)9-14(22)6-12/h2-6,9,11,19H,7-8H2,1H3,(H,23,24,25)/t11-,19-/m1/s1. The number of carbonyl (C=O) groups excluding carboxylic acids is 1. The van der Waals surface area contributed by atoms with Gasteiger partial charge in [0.25, 0.3) is 0 Å². The fourth-order valence-electron chi connectivity index (χ4n) is 4.08. The zero-order valence-corrected chi connectivity index (χ0v) is 14.9. The lowest BCUT2D eigenvalue weighted by Gasteiger charge is -2.34. The molecule has 0 spiro atoms. The van der Waals surface area contributed by atoms with Gasteiger partial charge in [-0.1, -0.05) is 0 Å². The molecule has 3 aromatic rings. The second-order valence-electron chi connectivity index (χ2n) is 7.09. The number of ketones is 1. The van der Waals surface area contributed by atoms with E-state index in [2.05, 4.69) is 15.4 Å². The minimum atomic E-state index is -0.734. The van der Waals surface area contributed by atoms with E-state index < -0.39 is 17.7 Å². The molecule has 28 heavy (non-hydrogen) atoms. The minimum absolute atomic E-state index is 0.103. The Morgan fingerprint density at radius 1 is 1.21 bits per heavy atom. The van der Waals surface area contributed by atoms with Gasteiger partial charge in [-0.25, -0.2) is 13.5 Å². The van der Waals surface area contributed by atoms with Crippen molar-refractivity contribution in [3.05, 3.63) is 76.6 Å². The summed E-state index contributed by atoms with van der Waals surface area (Å²) in [6.45, 7) is 1.72. The van der Waals surface area contributed by atoms with Gasteiger partial charge in [-0.2, -0.15) is 10.1 Å². The first kappa shape index (κ1) is 16.9. The normalized spacial score (nSPS) is 21.3. The van der Waals surface area contributed by atoms with Crippen molar-refractivity contribution < 1.29 is 18.0 Å². The topological polar surface area (TPSA) is 73.0 Å². The van der Waals surface area contributed by atoms with Gasteiger partial charge < -0.3 is 9.73 Å². The van der Waals surface area contributed by atoms with Gasteiger partial charge >= 0.3 is 0 Å². The first-order valence-corrected chi connectivity index (χ1v) is 8.95. The van der Waals surface area contributed by atoms with Crippen LogP contribution in [-0.2, 0) is 4.79 Å². The molecule has 8 heteroatoms. The number of furan rings is 1. The number of rotatable bonds is 2. The predicted molar refractivity (Wildman–Crippen MR) is 95.6 cm³/mol. The third kappa shape index (κ3) is 2.64. The number of halogens is 2. The van der Waals surface area contributed by atoms with Crippen LogP contribution in [-0.4, -0.2) is 20.5 Å². The molecule has 0 radical (unpaired) electrons. The Bertz CT molecular complexity index is 1100. The smallest absolute Gasteiger partial charge is 0.226 e. The van der Waals surface area contributed by atoms with Gasteiger partial charge in [0.15, 0.2) is 5.78 Å². The monoisotopic (exact) mass is 382 g/mol. The summed E-state index contributed by atoms with van der Waals surface area (Å²) in [7, 11) is 0. The number of allylic oxidation sites excluding steroid dienone is 2. The second kappa shape index (κ2) is 6.12. The number of aryl methyl sites for hydroxylation is 1. The molecule has 1 N–H and O–H groups in total. The maximum absolute atomic E-state index is 13.9. The van der Waals surface area contributed by atoms with Crippen LogP contribution < -0.4 is 5.32 Å². The molecule has 6 nitrogen and oxygen atoms in total. The molecule has 0 fully saturated rings. The molecule has 1 aromatic carbocycles. The highest BCUT2D eigenvalue weighted by molar-refractivity contribution is 6.00. The SMILES string of the molecule is Cc1nc2n(n1)[C@H](c1cc(F)cc(F)c1)C1=C(C[C@@H](c3ccco3)CC1=O)N2. The maximum Gasteiger partial charge on any atom is 0.226 e. The van der Waals surface area contributed by atoms with Crippen molar-refractivity contribution in [1.82, 2.24) is 14.8 Å². The summed E-state index contributed by atoms with van der Waals surface area (Å²) in [6.07, 6.45) is 2.37. The van der Waals surface area contributed by atoms with E-state index in [-0.39, 0.29) is 18.1 Å². The lowest BCUT2D eigenvalue weighted by Crippen LogP contribution is -2.33. The fraction of sp³-hybridized carbons (Fsp3) is 0.250. The van der Waals surface area contributed by atoms with E-state index in [0.29, 0.717) is 35.0 Å². The highest BCUT2D eigenvalue weighted by atomic mass is 19.1. The molecule has 3 heterocycles. The Morgan fingerprint density at radius 3 is 2.71 bits per heavy atom. The van der Waals surface area contributed by atoms with Crippen LogP contribution in [0.25, 0.3) is 0 Å². The molecular formula is C20H16F2N4O2. The maximum atomic E-state index is 13.9. The highest BCUT2D eigenvalue weighted by Gasteiger charge is 2.40. The van der Waals surface area contributed by atoms with Crippen LogP contribution in [0.15, 0.2) is 52.3 Å². The van der Waals surface area contributed by atoms with Gasteiger partial charge in [0.1, 0.15) is 29.3 Å². The Labute approximate surface area is 158 Å². The van der Waals surface area contributed by atoms with Gasteiger partial charge in [-0.15, -0.1) is 0 Å². The van der Waals surface area contributed by atoms with E-state index in [0.717, 1.165) is 11.8 Å². The van der Waals surface area contributed by atoms with E-state index in [9.17, 15) is 13.6 Å². The Morgan fingerprint density at radius 2 is 2.00 bits per heavy atom. The molecule has 0 amide bonds. The van der Waals surface area contributed by atoms with Crippen molar-refractivity contribution in [3.8, 4) is 0 Å². The van der Waals surface area contributed by atoms with Crippen molar-refractivity contribution >= 4 is 11.7 Å². The van der Waals surface area contributed by atoms with Crippen LogP contribution in [0.1, 0.15) is 41.9 Å². The van der Waals surface area contributed by atoms with Gasteiger partial charge in [-0.05, 0) is 43.2 Å². The molecule has 5 rings (SSSR count). The van der Waals surface area contributed by atoms with Crippen LogP contribution in [0.5, 0.6) is 0 Å². The van der Waals surface area contributed by atoms with Gasteiger partial charge in [0.2, 0.25) is 5.95 Å². The molecule has 0 saturated carbocycles. The average molecular weight is 382 g/mol. The molecule has 142 valence electrons. The summed E-state index contributed by atoms with van der Waals surface area (Å²) < 4.78 is 34.8. The number of nitrogens with zero attached hydrogens (tertiary/aromatic N) is 3. The Hall–Kier alpha value is -3.29. The number of aromatic nitrogens is 3. The molecule has 0 bridgehead atoms. The Kier molecular flexibility index (Phi) is 3.68. The third-order valence-corrected chi connectivity index (χ3v) is 5.17. The molecule has 1 aliphatic carbocycles. The van der Waals surface area contributed by atoms with Crippen molar-refractivity contribution in [3.63, 3.8) is 0 Å². The zero-order chi connectivity index (χ0) is 19.4. The summed E-state index contributed by atoms with van der Waals surface area (Å²) in [5.74, 6) is 0.0609. The minimum Gasteiger partial charge on any atom is -0.469 e. The van der Waals surface area contributed by atoms with Crippen molar-refractivity contribution in [1.29, 1.82) is 0 Å². The van der Waals surface area contributed by atoms with Gasteiger partial charge in [0.05, 0.1) is 6.26 Å². The molecule has 2 atom stereocenters. The van der Waals surface area contributed by atoms with E-state index in [4.69, 9.17) is 4.42 Å². The quantitative estimate of drug-likeness (QED) is 0.728. The van der Waals surface area contributed by atoms with Gasteiger partial charge in [-0.3, -0.25) is 4.79 Å². The summed E-state index contributed by atoms with van der Waals surface area (Å²) >= 11 is 0. The summed E-state index contributed by atoms with van der Waals surface area (Å²) in [5, 5.41) is 7.55. The first-order valence-electron chi connectivity index (χ1n) is 8.95. The van der Waals surface area contributed by atoms with Crippen LogP contribution >= 0.6 is 0 Å². The van der Waals surface area contributed by atoms with Crippen LogP contribution in [0.3, 0.4) is 0 Å². The summed E-state index contributed by atoms with van der Waals surface area (Å²) in [4.78, 5) is 17.5. The number of carbonyl (C=O) groups is 1. The van der Waals surface area contributed by atoms with Gasteiger partial charge in [0, 0.05) is 29.7 Å². The molecule has 0 unspecified atom stereocenters. The number of anilines is 1. The number of nitrogens with one attached hydrogen (secondary N) is 1. The number of Topliss-reactive ketones (excluding diaryl/α,β-unsaturated/α-hetero) is 1. The molecule has 1 aliphatic heterocycles. The van der Waals surface area contributed by atoms with Crippen LogP contribution in [0, 0.1) is 18.6 Å². The molecule has 2 aromatic heterocycles. The highest BCUT2D eigenvalue weighted by Crippen LogP contribution is 2.44. The second-order valence-corrected chi connectivity index (χ2v) is 7.09. The third-order valence-electron chi connectivity index (χ3n) is 5.17. The van der Waals surface area contributed by atoms with Crippen LogP contribution in [0.4, 0.5) is 14.7 Å². The van der Waals surface area contributed by atoms with Crippen molar-refractivity contribution in [2.75, 3.05) is 5.32 Å². The van der Waals surface area contributed by atoms with E-state index in [1.165, 1.54) is 16.8 Å². The fourth-order valence-corrected chi connectivity index (χ4v) is 4.08. The lowest BCUT2D eigenvalue weighted by molar-refractivity contribution is -0.117. The van der Waals surface area contributed by atoms with E-state index in [1.54, 1.807) is 19.3 Å². The number of hydrogen-bond acceptors (Lipinski definition) is 5. The average Bonchev–Trinajstić information content (AvgIpc) is 3.27. The first-order chi connectivity index (χ1) is 13.5. The van der Waals surface area contributed by atoms with Crippen molar-refractivity contribution in [2.45, 2.75) is 31.7 Å². The largest absolute Gasteiger partial charge is 0.469 e. The van der Waals surface area contributed by atoms with E-state index >= 15 is 0 Å². The predicted octanol–water partition coefficient (Wildman–Crippen LogP) is 3.87. The van der Waals surface area contributed by atoms with E-state index in [1.807, 2.05) is 6.07 Å². The zero-order valence-electron chi connectivity index (χ0n) is 14.9.